The zero-order valence-corrected chi connectivity index (χ0v) is 13.4. The number of amides is 1. The van der Waals surface area contributed by atoms with E-state index in [-0.39, 0.29) is 5.91 Å². The summed E-state index contributed by atoms with van der Waals surface area (Å²) in [4.78, 5) is 23.5. The summed E-state index contributed by atoms with van der Waals surface area (Å²) in [5, 5.41) is 3.17. The van der Waals surface area contributed by atoms with Gasteiger partial charge in [0.25, 0.3) is 5.91 Å². The molecular weight excluding hydrogens is 264 g/mol. The molecule has 2 heterocycles. The van der Waals surface area contributed by atoms with E-state index >= 15 is 0 Å². The minimum absolute atomic E-state index is 0.0478. The summed E-state index contributed by atoms with van der Waals surface area (Å²) in [6.45, 7) is 7.81. The predicted octanol–water partition coefficient (Wildman–Crippen LogP) is 3.01. The minimum atomic E-state index is 0.0478. The maximum atomic E-state index is 12.8. The molecule has 0 aromatic carbocycles. The topological polar surface area (TPSA) is 58.1 Å². The lowest BCUT2D eigenvalue weighted by atomic mass is 9.99. The van der Waals surface area contributed by atoms with Gasteiger partial charge in [-0.05, 0) is 45.1 Å². The highest BCUT2D eigenvalue weighted by Crippen LogP contribution is 2.21. The predicted molar refractivity (Wildman–Crippen MR) is 84.5 cm³/mol. The van der Waals surface area contributed by atoms with Crippen LogP contribution in [0.1, 0.15) is 62.1 Å². The maximum Gasteiger partial charge on any atom is 0.272 e. The number of nitrogens with one attached hydrogen (secondary N) is 1. The molecule has 1 fully saturated rings. The fourth-order valence-electron chi connectivity index (χ4n) is 2.83. The third-order valence-electron chi connectivity index (χ3n) is 3.97. The first kappa shape index (κ1) is 15.7. The van der Waals surface area contributed by atoms with Crippen LogP contribution in [0.3, 0.4) is 0 Å². The van der Waals surface area contributed by atoms with Crippen LogP contribution in [-0.2, 0) is 0 Å². The van der Waals surface area contributed by atoms with Gasteiger partial charge >= 0.3 is 0 Å². The Labute approximate surface area is 127 Å². The van der Waals surface area contributed by atoms with Crippen molar-refractivity contribution in [1.29, 1.82) is 0 Å². The average Bonchev–Trinajstić information content (AvgIpc) is 2.51. The molecule has 116 valence electrons. The Balaban J connectivity index is 2.19. The first-order valence-corrected chi connectivity index (χ1v) is 8.06. The van der Waals surface area contributed by atoms with Crippen molar-refractivity contribution >= 4 is 11.9 Å². The Morgan fingerprint density at radius 3 is 2.90 bits per heavy atom. The van der Waals surface area contributed by atoms with E-state index in [4.69, 9.17) is 0 Å². The molecule has 0 radical (unpaired) electrons. The molecule has 0 bridgehead atoms. The van der Waals surface area contributed by atoms with Crippen LogP contribution in [0, 0.1) is 6.92 Å². The largest absolute Gasteiger partial charge is 0.354 e. The van der Waals surface area contributed by atoms with Crippen LogP contribution in [-0.4, -0.2) is 39.9 Å². The van der Waals surface area contributed by atoms with Crippen molar-refractivity contribution in [2.24, 2.45) is 0 Å². The number of piperidine rings is 1. The van der Waals surface area contributed by atoms with Gasteiger partial charge in [-0.2, -0.15) is 0 Å². The van der Waals surface area contributed by atoms with Gasteiger partial charge in [0.2, 0.25) is 5.95 Å². The molecule has 2 rings (SSSR count). The van der Waals surface area contributed by atoms with E-state index in [9.17, 15) is 4.79 Å². The summed E-state index contributed by atoms with van der Waals surface area (Å²) in [5.41, 5.74) is 1.35. The van der Waals surface area contributed by atoms with Crippen LogP contribution in [0.5, 0.6) is 0 Å². The Morgan fingerprint density at radius 2 is 2.19 bits per heavy atom. The van der Waals surface area contributed by atoms with Gasteiger partial charge in [-0.3, -0.25) is 4.79 Å². The van der Waals surface area contributed by atoms with Crippen LogP contribution in [0.25, 0.3) is 0 Å². The third-order valence-corrected chi connectivity index (χ3v) is 3.97. The smallest absolute Gasteiger partial charge is 0.272 e. The van der Waals surface area contributed by atoms with Crippen LogP contribution in [0.15, 0.2) is 6.07 Å². The molecule has 1 N–H and O–H groups in total. The molecule has 1 aliphatic heterocycles. The fraction of sp³-hybridized carbons (Fsp3) is 0.688. The van der Waals surface area contributed by atoms with Gasteiger partial charge in [-0.1, -0.05) is 13.8 Å². The number of carbonyl (C=O) groups is 1. The summed E-state index contributed by atoms with van der Waals surface area (Å²) in [6, 6.07) is 2.15. The zero-order valence-electron chi connectivity index (χ0n) is 13.4. The molecule has 1 amide bonds. The molecule has 1 aromatic heterocycles. The monoisotopic (exact) mass is 290 g/mol. The van der Waals surface area contributed by atoms with Crippen LogP contribution < -0.4 is 5.32 Å². The van der Waals surface area contributed by atoms with Gasteiger partial charge in [0.05, 0.1) is 0 Å². The number of hydrogen-bond donors (Lipinski definition) is 1. The quantitative estimate of drug-likeness (QED) is 0.905. The van der Waals surface area contributed by atoms with Gasteiger partial charge in [-0.25, -0.2) is 9.97 Å². The van der Waals surface area contributed by atoms with E-state index < -0.39 is 0 Å². The van der Waals surface area contributed by atoms with Gasteiger partial charge in [0.15, 0.2) is 0 Å². The molecular formula is C16H26N4O. The normalized spacial score (nSPS) is 18.6. The Hall–Kier alpha value is -1.65. The molecule has 1 aromatic rings. The Bertz CT molecular complexity index is 489. The van der Waals surface area contributed by atoms with Gasteiger partial charge in [0.1, 0.15) is 5.69 Å². The maximum absolute atomic E-state index is 12.8. The van der Waals surface area contributed by atoms with E-state index in [1.807, 2.05) is 11.8 Å². The molecule has 5 nitrogen and oxygen atoms in total. The molecule has 0 spiro atoms. The van der Waals surface area contributed by atoms with Crippen LogP contribution >= 0.6 is 0 Å². The Kier molecular flexibility index (Phi) is 5.53. The highest BCUT2D eigenvalue weighted by molar-refractivity contribution is 5.93. The molecule has 1 aliphatic rings. The second-order valence-electron chi connectivity index (χ2n) is 5.70. The summed E-state index contributed by atoms with van der Waals surface area (Å²) >= 11 is 0. The van der Waals surface area contributed by atoms with E-state index in [1.165, 1.54) is 6.42 Å². The Morgan fingerprint density at radius 1 is 1.38 bits per heavy atom. The first-order valence-electron chi connectivity index (χ1n) is 8.06. The first-order chi connectivity index (χ1) is 10.2. The molecule has 0 saturated carbocycles. The molecule has 1 saturated heterocycles. The number of anilines is 1. The molecule has 1 atom stereocenters. The van der Waals surface area contributed by atoms with Crippen molar-refractivity contribution in [3.8, 4) is 0 Å². The molecule has 1 unspecified atom stereocenters. The second kappa shape index (κ2) is 7.38. The van der Waals surface area contributed by atoms with Crippen LogP contribution in [0.4, 0.5) is 5.95 Å². The second-order valence-corrected chi connectivity index (χ2v) is 5.70. The van der Waals surface area contributed by atoms with E-state index in [0.29, 0.717) is 17.7 Å². The number of rotatable bonds is 5. The zero-order chi connectivity index (χ0) is 15.2. The van der Waals surface area contributed by atoms with Crippen molar-refractivity contribution in [2.45, 2.75) is 58.9 Å². The number of likely N-dealkylation sites (tertiary alicyclic amines) is 1. The van der Waals surface area contributed by atoms with Crippen molar-refractivity contribution in [3.05, 3.63) is 17.5 Å². The van der Waals surface area contributed by atoms with Gasteiger partial charge in [0, 0.05) is 24.8 Å². The lowest BCUT2D eigenvalue weighted by Crippen LogP contribution is -2.43. The number of aromatic nitrogens is 2. The third kappa shape index (κ3) is 3.93. The number of hydrogen-bond acceptors (Lipinski definition) is 4. The molecule has 21 heavy (non-hydrogen) atoms. The highest BCUT2D eigenvalue weighted by Gasteiger charge is 2.27. The van der Waals surface area contributed by atoms with Crippen molar-refractivity contribution in [2.75, 3.05) is 18.4 Å². The standard InChI is InChI=1S/C16H26N4O/c1-4-9-17-16-18-12(3)11-14(19-16)15(21)20-10-7-6-8-13(20)5-2/h11,13H,4-10H2,1-3H3,(H,17,18,19). The van der Waals surface area contributed by atoms with Crippen molar-refractivity contribution in [3.63, 3.8) is 0 Å². The lowest BCUT2D eigenvalue weighted by molar-refractivity contribution is 0.0602. The van der Waals surface area contributed by atoms with Gasteiger partial charge < -0.3 is 10.2 Å². The van der Waals surface area contributed by atoms with Gasteiger partial charge in [-0.15, -0.1) is 0 Å². The van der Waals surface area contributed by atoms with E-state index in [1.54, 1.807) is 6.07 Å². The number of carbonyl (C=O) groups excluding carboxylic acids is 1. The summed E-state index contributed by atoms with van der Waals surface area (Å²) in [5.74, 6) is 0.608. The summed E-state index contributed by atoms with van der Waals surface area (Å²) < 4.78 is 0. The van der Waals surface area contributed by atoms with Crippen molar-refractivity contribution < 1.29 is 4.79 Å². The fourth-order valence-corrected chi connectivity index (χ4v) is 2.83. The minimum Gasteiger partial charge on any atom is -0.354 e. The average molecular weight is 290 g/mol. The molecule has 0 aliphatic carbocycles. The van der Waals surface area contributed by atoms with E-state index in [2.05, 4.69) is 29.1 Å². The number of aryl methyl sites for hydroxylation is 1. The SMILES string of the molecule is CCCNc1nc(C)cc(C(=O)N2CCCCC2CC)n1. The highest BCUT2D eigenvalue weighted by atomic mass is 16.2. The lowest BCUT2D eigenvalue weighted by Gasteiger charge is -2.35. The van der Waals surface area contributed by atoms with E-state index in [0.717, 1.165) is 44.5 Å². The summed E-state index contributed by atoms with van der Waals surface area (Å²) in [6.07, 6.45) is 5.43. The summed E-state index contributed by atoms with van der Waals surface area (Å²) in [7, 11) is 0. The van der Waals surface area contributed by atoms with Crippen LogP contribution in [0.2, 0.25) is 0 Å². The molecule has 5 heteroatoms. The van der Waals surface area contributed by atoms with Crippen molar-refractivity contribution in [1.82, 2.24) is 14.9 Å². The number of nitrogens with zero attached hydrogens (tertiary/aromatic N) is 3.